The van der Waals surface area contributed by atoms with Crippen LogP contribution in [0.4, 0.5) is 0 Å². The maximum absolute atomic E-state index is 11.8. The molecular formula is C18H24N2O3. The highest BCUT2D eigenvalue weighted by molar-refractivity contribution is 5.84. The summed E-state index contributed by atoms with van der Waals surface area (Å²) in [5.74, 6) is -0.589. The average Bonchev–Trinajstić information content (AvgIpc) is 2.99. The van der Waals surface area contributed by atoms with Crippen LogP contribution in [-0.2, 0) is 20.7 Å². The van der Waals surface area contributed by atoms with E-state index in [0.29, 0.717) is 6.42 Å². The van der Waals surface area contributed by atoms with E-state index in [4.69, 9.17) is 4.74 Å². The molecule has 1 aromatic heterocycles. The number of hydrogen-bond acceptors (Lipinski definition) is 3. The van der Waals surface area contributed by atoms with Crippen LogP contribution in [0.2, 0.25) is 0 Å². The summed E-state index contributed by atoms with van der Waals surface area (Å²) in [6.45, 7) is 3.83. The Hall–Kier alpha value is -2.30. The third-order valence-corrected chi connectivity index (χ3v) is 3.99. The lowest BCUT2D eigenvalue weighted by atomic mass is 10.1. The fourth-order valence-corrected chi connectivity index (χ4v) is 2.56. The van der Waals surface area contributed by atoms with E-state index in [1.807, 2.05) is 44.3 Å². The number of para-hydroxylation sites is 1. The van der Waals surface area contributed by atoms with Crippen molar-refractivity contribution < 1.29 is 14.3 Å². The van der Waals surface area contributed by atoms with Crippen LogP contribution in [0.25, 0.3) is 10.9 Å². The summed E-state index contributed by atoms with van der Waals surface area (Å²) in [5.41, 5.74) is 2.14. The number of carbonyl (C=O) groups excluding carboxylic acids is 2. The predicted molar refractivity (Wildman–Crippen MR) is 90.1 cm³/mol. The van der Waals surface area contributed by atoms with Gasteiger partial charge in [0.05, 0.1) is 0 Å². The van der Waals surface area contributed by atoms with Crippen molar-refractivity contribution in [2.75, 3.05) is 6.61 Å². The molecule has 0 saturated heterocycles. The maximum Gasteiger partial charge on any atom is 0.306 e. The molecular weight excluding hydrogens is 292 g/mol. The van der Waals surface area contributed by atoms with Crippen molar-refractivity contribution in [3.63, 3.8) is 0 Å². The predicted octanol–water partition coefficient (Wildman–Crippen LogP) is 2.95. The minimum atomic E-state index is -0.352. The van der Waals surface area contributed by atoms with E-state index in [1.54, 1.807) is 0 Å². The molecule has 5 heteroatoms. The van der Waals surface area contributed by atoms with E-state index in [1.165, 1.54) is 0 Å². The van der Waals surface area contributed by atoms with Gasteiger partial charge in [-0.05, 0) is 30.9 Å². The van der Waals surface area contributed by atoms with E-state index >= 15 is 0 Å². The van der Waals surface area contributed by atoms with Crippen molar-refractivity contribution in [1.29, 1.82) is 0 Å². The number of hydrogen-bond donors (Lipinski definition) is 2. The molecule has 2 rings (SSSR count). The Morgan fingerprint density at radius 1 is 1.22 bits per heavy atom. The maximum atomic E-state index is 11.8. The number of fused-ring (bicyclic) bond motifs is 1. The number of ether oxygens (including phenoxy) is 1. The zero-order valence-electron chi connectivity index (χ0n) is 13.7. The lowest BCUT2D eigenvalue weighted by Gasteiger charge is -2.14. The van der Waals surface area contributed by atoms with Crippen LogP contribution in [0.3, 0.4) is 0 Å². The van der Waals surface area contributed by atoms with E-state index in [-0.39, 0.29) is 30.9 Å². The number of amides is 1. The molecule has 1 aromatic carbocycles. The number of rotatable bonds is 8. The fourth-order valence-electron chi connectivity index (χ4n) is 2.56. The van der Waals surface area contributed by atoms with Crippen LogP contribution in [0.1, 0.15) is 38.7 Å². The molecule has 23 heavy (non-hydrogen) atoms. The normalized spacial score (nSPS) is 10.9. The summed E-state index contributed by atoms with van der Waals surface area (Å²) in [4.78, 5) is 26.7. The molecule has 2 N–H and O–H groups in total. The number of aromatic nitrogens is 1. The van der Waals surface area contributed by atoms with Crippen molar-refractivity contribution >= 4 is 22.8 Å². The Balaban J connectivity index is 1.76. The lowest BCUT2D eigenvalue weighted by molar-refractivity contribution is -0.148. The molecule has 0 bridgehead atoms. The Morgan fingerprint density at radius 3 is 2.70 bits per heavy atom. The first-order chi connectivity index (χ1) is 11.1. The van der Waals surface area contributed by atoms with Crippen molar-refractivity contribution in [2.24, 2.45) is 0 Å². The Labute approximate surface area is 136 Å². The first-order valence-corrected chi connectivity index (χ1v) is 8.14. The number of H-pyrrole nitrogens is 1. The van der Waals surface area contributed by atoms with E-state index in [2.05, 4.69) is 10.3 Å². The summed E-state index contributed by atoms with van der Waals surface area (Å²) in [6.07, 6.45) is 4.52. The summed E-state index contributed by atoms with van der Waals surface area (Å²) in [5, 5.41) is 3.96. The zero-order chi connectivity index (χ0) is 16.7. The van der Waals surface area contributed by atoms with Gasteiger partial charge >= 0.3 is 5.97 Å². The van der Waals surface area contributed by atoms with Gasteiger partial charge in [-0.25, -0.2) is 0 Å². The monoisotopic (exact) mass is 316 g/mol. The Morgan fingerprint density at radius 2 is 1.96 bits per heavy atom. The lowest BCUT2D eigenvalue weighted by Crippen LogP contribution is -2.36. The van der Waals surface area contributed by atoms with Gasteiger partial charge in [-0.3, -0.25) is 9.59 Å². The Bertz CT molecular complexity index is 659. The highest BCUT2D eigenvalue weighted by Gasteiger charge is 2.12. The van der Waals surface area contributed by atoms with Gasteiger partial charge in [-0.1, -0.05) is 32.0 Å². The quantitative estimate of drug-likeness (QED) is 0.736. The number of aromatic amines is 1. The minimum absolute atomic E-state index is 0.146. The summed E-state index contributed by atoms with van der Waals surface area (Å²) < 4.78 is 5.04. The largest absolute Gasteiger partial charge is 0.456 e. The van der Waals surface area contributed by atoms with Gasteiger partial charge in [0.25, 0.3) is 5.91 Å². The van der Waals surface area contributed by atoms with Gasteiger partial charge in [0.2, 0.25) is 0 Å². The molecule has 5 nitrogen and oxygen atoms in total. The van der Waals surface area contributed by atoms with E-state index in [0.717, 1.165) is 29.3 Å². The Kier molecular flexibility index (Phi) is 6.20. The fraction of sp³-hybridized carbons (Fsp3) is 0.444. The molecule has 2 aromatic rings. The third kappa shape index (κ3) is 4.84. The van der Waals surface area contributed by atoms with Crippen LogP contribution >= 0.6 is 0 Å². The molecule has 0 radical (unpaired) electrons. The summed E-state index contributed by atoms with van der Waals surface area (Å²) >= 11 is 0. The van der Waals surface area contributed by atoms with Crippen LogP contribution in [0.5, 0.6) is 0 Å². The number of esters is 1. The molecule has 0 aliphatic carbocycles. The van der Waals surface area contributed by atoms with Gasteiger partial charge in [0.15, 0.2) is 6.61 Å². The summed E-state index contributed by atoms with van der Waals surface area (Å²) in [6, 6.07) is 8.11. The van der Waals surface area contributed by atoms with Crippen LogP contribution in [0.15, 0.2) is 30.5 Å². The third-order valence-electron chi connectivity index (χ3n) is 3.99. The molecule has 0 aliphatic rings. The van der Waals surface area contributed by atoms with Crippen molar-refractivity contribution in [3.05, 3.63) is 36.0 Å². The first-order valence-electron chi connectivity index (χ1n) is 8.14. The number of carbonyl (C=O) groups is 2. The number of aryl methyl sites for hydroxylation is 1. The highest BCUT2D eigenvalue weighted by atomic mass is 16.5. The van der Waals surface area contributed by atoms with Gasteiger partial charge in [0, 0.05) is 29.6 Å². The van der Waals surface area contributed by atoms with Crippen molar-refractivity contribution in [2.45, 2.75) is 45.6 Å². The van der Waals surface area contributed by atoms with Gasteiger partial charge in [0.1, 0.15) is 0 Å². The smallest absolute Gasteiger partial charge is 0.306 e. The molecule has 0 spiro atoms. The number of nitrogens with one attached hydrogen (secondary N) is 2. The molecule has 0 aliphatic heterocycles. The molecule has 0 atom stereocenters. The molecule has 1 heterocycles. The minimum Gasteiger partial charge on any atom is -0.456 e. The SMILES string of the molecule is CCC(CC)NC(=O)COC(=O)CCc1c[nH]c2ccccc12. The molecule has 0 unspecified atom stereocenters. The van der Waals surface area contributed by atoms with Gasteiger partial charge in [-0.15, -0.1) is 0 Å². The molecule has 1 amide bonds. The molecule has 0 saturated carbocycles. The summed E-state index contributed by atoms with van der Waals surface area (Å²) in [7, 11) is 0. The van der Waals surface area contributed by atoms with Gasteiger partial charge in [-0.2, -0.15) is 0 Å². The molecule has 0 fully saturated rings. The highest BCUT2D eigenvalue weighted by Crippen LogP contribution is 2.19. The number of benzene rings is 1. The topological polar surface area (TPSA) is 71.2 Å². The first kappa shape index (κ1) is 17.1. The molecule has 124 valence electrons. The second kappa shape index (κ2) is 8.36. The van der Waals surface area contributed by atoms with Crippen molar-refractivity contribution in [3.8, 4) is 0 Å². The second-order valence-electron chi connectivity index (χ2n) is 5.60. The average molecular weight is 316 g/mol. The van der Waals surface area contributed by atoms with Gasteiger partial charge < -0.3 is 15.0 Å². The van der Waals surface area contributed by atoms with Crippen LogP contribution in [-0.4, -0.2) is 29.5 Å². The van der Waals surface area contributed by atoms with E-state index in [9.17, 15) is 9.59 Å². The van der Waals surface area contributed by atoms with Crippen LogP contribution < -0.4 is 5.32 Å². The van der Waals surface area contributed by atoms with E-state index < -0.39 is 0 Å². The standard InChI is InChI=1S/C18H24N2O3/c1-3-14(4-2)20-17(21)12-23-18(22)10-9-13-11-19-16-8-6-5-7-15(13)16/h5-8,11,14,19H,3-4,9-10,12H2,1-2H3,(H,20,21). The van der Waals surface area contributed by atoms with Crippen LogP contribution in [0, 0.1) is 0 Å². The van der Waals surface area contributed by atoms with Crippen molar-refractivity contribution in [1.82, 2.24) is 10.3 Å². The second-order valence-corrected chi connectivity index (χ2v) is 5.60. The zero-order valence-corrected chi connectivity index (χ0v) is 13.7.